The number of methoxy groups -OCH3 is 1. The Morgan fingerprint density at radius 3 is 2.71 bits per heavy atom. The summed E-state index contributed by atoms with van der Waals surface area (Å²) in [4.78, 5) is 0.356. The third-order valence-electron chi connectivity index (χ3n) is 2.40. The first kappa shape index (κ1) is 14.0. The van der Waals surface area contributed by atoms with Crippen molar-refractivity contribution < 1.29 is 13.2 Å². The highest BCUT2D eigenvalue weighted by molar-refractivity contribution is 7.91. The van der Waals surface area contributed by atoms with Crippen molar-refractivity contribution in [2.75, 3.05) is 24.8 Å². The summed E-state index contributed by atoms with van der Waals surface area (Å²) < 4.78 is 28.4. The average Bonchev–Trinajstić information content (AvgIpc) is 2.29. The Morgan fingerprint density at radius 2 is 2.12 bits per heavy atom. The van der Waals surface area contributed by atoms with E-state index in [9.17, 15) is 8.42 Å². The molecule has 1 aromatic carbocycles. The summed E-state index contributed by atoms with van der Waals surface area (Å²) in [5.41, 5.74) is 0.795. The van der Waals surface area contributed by atoms with Crippen LogP contribution in [0.2, 0.25) is 0 Å². The molecule has 1 atom stereocenters. The van der Waals surface area contributed by atoms with Gasteiger partial charge in [0.05, 0.1) is 17.3 Å². The maximum atomic E-state index is 11.7. The van der Waals surface area contributed by atoms with Crippen LogP contribution in [0.25, 0.3) is 0 Å². The average molecular weight is 257 g/mol. The molecule has 0 heterocycles. The second-order valence-corrected chi connectivity index (χ2v) is 6.21. The summed E-state index contributed by atoms with van der Waals surface area (Å²) in [5, 5.41) is 3.19. The van der Waals surface area contributed by atoms with Gasteiger partial charge in [0.25, 0.3) is 0 Å². The summed E-state index contributed by atoms with van der Waals surface area (Å²) in [6, 6.07) is 7.00. The van der Waals surface area contributed by atoms with Crippen LogP contribution < -0.4 is 5.32 Å². The molecule has 4 nitrogen and oxygen atoms in total. The van der Waals surface area contributed by atoms with Crippen molar-refractivity contribution >= 4 is 15.5 Å². The standard InChI is InChI=1S/C12H19NO3S/c1-4-17(14,15)12-7-5-6-11(8-12)13-10(2)9-16-3/h5-8,10,13H,4,9H2,1-3H3/t10-/m0/s1. The second-order valence-electron chi connectivity index (χ2n) is 3.93. The second kappa shape index (κ2) is 6.02. The first-order chi connectivity index (χ1) is 7.99. The highest BCUT2D eigenvalue weighted by Crippen LogP contribution is 2.17. The molecule has 0 saturated heterocycles. The van der Waals surface area contributed by atoms with Crippen LogP contribution in [0.4, 0.5) is 5.69 Å². The third kappa shape index (κ3) is 4.02. The van der Waals surface area contributed by atoms with E-state index in [0.717, 1.165) is 5.69 Å². The first-order valence-electron chi connectivity index (χ1n) is 5.58. The molecule has 0 aromatic heterocycles. The van der Waals surface area contributed by atoms with Crippen LogP contribution >= 0.6 is 0 Å². The van der Waals surface area contributed by atoms with E-state index in [1.54, 1.807) is 32.2 Å². The fourth-order valence-corrected chi connectivity index (χ4v) is 2.45. The van der Waals surface area contributed by atoms with Crippen LogP contribution in [0.3, 0.4) is 0 Å². The van der Waals surface area contributed by atoms with Gasteiger partial charge in [0.2, 0.25) is 0 Å². The van der Waals surface area contributed by atoms with E-state index in [1.807, 2.05) is 13.0 Å². The van der Waals surface area contributed by atoms with Crippen LogP contribution in [-0.2, 0) is 14.6 Å². The third-order valence-corrected chi connectivity index (χ3v) is 4.14. The van der Waals surface area contributed by atoms with Crippen LogP contribution in [0.15, 0.2) is 29.2 Å². The van der Waals surface area contributed by atoms with E-state index in [-0.39, 0.29) is 11.8 Å². The number of hydrogen-bond acceptors (Lipinski definition) is 4. The van der Waals surface area contributed by atoms with Gasteiger partial charge in [0.1, 0.15) is 0 Å². The van der Waals surface area contributed by atoms with Crippen LogP contribution in [-0.4, -0.2) is 33.9 Å². The Bertz CT molecular complexity index is 457. The molecule has 0 aliphatic carbocycles. The predicted octanol–water partition coefficient (Wildman–Crippen LogP) is 1.93. The van der Waals surface area contributed by atoms with Crippen LogP contribution in [0.1, 0.15) is 13.8 Å². The lowest BCUT2D eigenvalue weighted by molar-refractivity contribution is 0.190. The summed E-state index contributed by atoms with van der Waals surface area (Å²) in [6.07, 6.45) is 0. The maximum Gasteiger partial charge on any atom is 0.178 e. The fraction of sp³-hybridized carbons (Fsp3) is 0.500. The van der Waals surface area contributed by atoms with Gasteiger partial charge in [-0.2, -0.15) is 0 Å². The summed E-state index contributed by atoms with van der Waals surface area (Å²) in [5.74, 6) is 0.115. The molecule has 0 fully saturated rings. The van der Waals surface area contributed by atoms with Crippen molar-refractivity contribution in [2.45, 2.75) is 24.8 Å². The minimum atomic E-state index is -3.14. The van der Waals surface area contributed by atoms with Crippen molar-refractivity contribution in [1.82, 2.24) is 0 Å². The Kier molecular flexibility index (Phi) is 4.96. The molecule has 1 aromatic rings. The molecule has 0 bridgehead atoms. The number of hydrogen-bond donors (Lipinski definition) is 1. The topological polar surface area (TPSA) is 55.4 Å². The number of benzene rings is 1. The zero-order valence-electron chi connectivity index (χ0n) is 10.4. The summed E-state index contributed by atoms with van der Waals surface area (Å²) >= 11 is 0. The van der Waals surface area contributed by atoms with E-state index in [0.29, 0.717) is 11.5 Å². The molecule has 0 aliphatic rings. The molecule has 0 aliphatic heterocycles. The van der Waals surface area contributed by atoms with Gasteiger partial charge in [0, 0.05) is 18.8 Å². The van der Waals surface area contributed by atoms with Gasteiger partial charge in [0.15, 0.2) is 9.84 Å². The van der Waals surface area contributed by atoms with Crippen molar-refractivity contribution in [3.8, 4) is 0 Å². The van der Waals surface area contributed by atoms with Gasteiger partial charge in [-0.15, -0.1) is 0 Å². The molecule has 0 spiro atoms. The zero-order valence-corrected chi connectivity index (χ0v) is 11.3. The maximum absolute atomic E-state index is 11.7. The van der Waals surface area contributed by atoms with Gasteiger partial charge in [-0.3, -0.25) is 0 Å². The number of anilines is 1. The van der Waals surface area contributed by atoms with Gasteiger partial charge >= 0.3 is 0 Å². The SMILES string of the molecule is CCS(=O)(=O)c1cccc(N[C@@H](C)COC)c1. The highest BCUT2D eigenvalue weighted by atomic mass is 32.2. The van der Waals surface area contributed by atoms with Crippen molar-refractivity contribution in [3.05, 3.63) is 24.3 Å². The van der Waals surface area contributed by atoms with Crippen LogP contribution in [0.5, 0.6) is 0 Å². The molecular formula is C12H19NO3S. The minimum Gasteiger partial charge on any atom is -0.383 e. The lowest BCUT2D eigenvalue weighted by atomic mass is 10.3. The van der Waals surface area contributed by atoms with Gasteiger partial charge < -0.3 is 10.1 Å². The molecule has 96 valence electrons. The smallest absolute Gasteiger partial charge is 0.178 e. The monoisotopic (exact) mass is 257 g/mol. The van der Waals surface area contributed by atoms with E-state index >= 15 is 0 Å². The highest BCUT2D eigenvalue weighted by Gasteiger charge is 2.12. The number of ether oxygens (including phenoxy) is 1. The van der Waals surface area contributed by atoms with Crippen molar-refractivity contribution in [2.24, 2.45) is 0 Å². The van der Waals surface area contributed by atoms with E-state index in [4.69, 9.17) is 4.74 Å². The molecule has 5 heteroatoms. The van der Waals surface area contributed by atoms with Crippen molar-refractivity contribution in [1.29, 1.82) is 0 Å². The minimum absolute atomic E-state index is 0.115. The largest absolute Gasteiger partial charge is 0.383 e. The van der Waals surface area contributed by atoms with E-state index in [2.05, 4.69) is 5.32 Å². The molecule has 0 unspecified atom stereocenters. The molecule has 1 N–H and O–H groups in total. The molecule has 0 saturated carbocycles. The normalized spacial score (nSPS) is 13.4. The summed E-state index contributed by atoms with van der Waals surface area (Å²) in [7, 11) is -1.50. The van der Waals surface area contributed by atoms with Crippen LogP contribution in [0, 0.1) is 0 Å². The quantitative estimate of drug-likeness (QED) is 0.846. The lowest BCUT2D eigenvalue weighted by Gasteiger charge is -2.14. The van der Waals surface area contributed by atoms with Gasteiger partial charge in [-0.1, -0.05) is 13.0 Å². The van der Waals surface area contributed by atoms with Crippen molar-refractivity contribution in [3.63, 3.8) is 0 Å². The Morgan fingerprint density at radius 1 is 1.41 bits per heavy atom. The Hall–Kier alpha value is -1.07. The Balaban J connectivity index is 2.87. The first-order valence-corrected chi connectivity index (χ1v) is 7.23. The number of rotatable bonds is 6. The molecule has 0 amide bonds. The molecular weight excluding hydrogens is 238 g/mol. The Labute approximate surface area is 103 Å². The zero-order chi connectivity index (χ0) is 12.9. The molecule has 1 rings (SSSR count). The molecule has 0 radical (unpaired) electrons. The number of sulfone groups is 1. The molecule has 17 heavy (non-hydrogen) atoms. The van der Waals surface area contributed by atoms with Gasteiger partial charge in [-0.25, -0.2) is 8.42 Å². The number of nitrogens with one attached hydrogen (secondary N) is 1. The lowest BCUT2D eigenvalue weighted by Crippen LogP contribution is -2.20. The van der Waals surface area contributed by atoms with E-state index < -0.39 is 9.84 Å². The predicted molar refractivity (Wildman–Crippen MR) is 69.1 cm³/mol. The fourth-order valence-electron chi connectivity index (χ4n) is 1.52. The van der Waals surface area contributed by atoms with Gasteiger partial charge in [-0.05, 0) is 25.1 Å². The summed E-state index contributed by atoms with van der Waals surface area (Å²) in [6.45, 7) is 4.19. The van der Waals surface area contributed by atoms with E-state index in [1.165, 1.54) is 0 Å².